The van der Waals surface area contributed by atoms with Gasteiger partial charge in [0.25, 0.3) is 5.91 Å². The number of nitrogens with one attached hydrogen (secondary N) is 2. The van der Waals surface area contributed by atoms with E-state index in [4.69, 9.17) is 11.6 Å². The van der Waals surface area contributed by atoms with Crippen LogP contribution < -0.4 is 10.6 Å². The van der Waals surface area contributed by atoms with E-state index < -0.39 is 0 Å². The molecule has 1 aromatic heterocycles. The summed E-state index contributed by atoms with van der Waals surface area (Å²) in [6, 6.07) is 16.6. The van der Waals surface area contributed by atoms with E-state index in [0.717, 1.165) is 12.0 Å². The number of carbonyl (C=O) groups excluding carboxylic acids is 1. The van der Waals surface area contributed by atoms with Crippen molar-refractivity contribution >= 4 is 29.0 Å². The van der Waals surface area contributed by atoms with Crippen LogP contribution in [0.15, 0.2) is 66.9 Å². The Balaban J connectivity index is 1.57. The zero-order chi connectivity index (χ0) is 18.4. The van der Waals surface area contributed by atoms with Gasteiger partial charge in [-0.05, 0) is 60.5 Å². The van der Waals surface area contributed by atoms with Crippen molar-refractivity contribution in [1.82, 2.24) is 4.98 Å². The van der Waals surface area contributed by atoms with E-state index in [0.29, 0.717) is 28.6 Å². The summed E-state index contributed by atoms with van der Waals surface area (Å²) >= 11 is 5.84. The number of amides is 1. The lowest BCUT2D eigenvalue weighted by atomic mass is 10.1. The summed E-state index contributed by atoms with van der Waals surface area (Å²) in [6.45, 7) is 0.626. The van der Waals surface area contributed by atoms with Crippen molar-refractivity contribution in [2.24, 2.45) is 0 Å². The maximum atomic E-state index is 12.9. The molecule has 26 heavy (non-hydrogen) atoms. The average molecular weight is 370 g/mol. The first kappa shape index (κ1) is 17.9. The molecule has 4 nitrogen and oxygen atoms in total. The Kier molecular flexibility index (Phi) is 5.81. The molecule has 2 aromatic carbocycles. The van der Waals surface area contributed by atoms with Crippen molar-refractivity contribution in [3.8, 4) is 0 Å². The van der Waals surface area contributed by atoms with Gasteiger partial charge >= 0.3 is 0 Å². The average Bonchev–Trinajstić information content (AvgIpc) is 2.65. The predicted octanol–water partition coefficient (Wildman–Crippen LogP) is 4.78. The first-order chi connectivity index (χ1) is 12.6. The molecule has 2 N–H and O–H groups in total. The van der Waals surface area contributed by atoms with Crippen LogP contribution in [0.5, 0.6) is 0 Å². The Morgan fingerprint density at radius 1 is 1.04 bits per heavy atom. The molecule has 1 amide bonds. The smallest absolute Gasteiger partial charge is 0.255 e. The van der Waals surface area contributed by atoms with Gasteiger partial charge in [0, 0.05) is 29.0 Å². The van der Waals surface area contributed by atoms with Gasteiger partial charge < -0.3 is 10.6 Å². The molecule has 0 fully saturated rings. The SMILES string of the molecule is O=C(Nc1ccc(Cl)cc1)c1ccnc(NCCc2ccc(F)cc2)c1. The minimum atomic E-state index is -0.247. The van der Waals surface area contributed by atoms with Crippen molar-refractivity contribution in [2.75, 3.05) is 17.2 Å². The van der Waals surface area contributed by atoms with Crippen molar-refractivity contribution < 1.29 is 9.18 Å². The van der Waals surface area contributed by atoms with E-state index in [1.807, 2.05) is 0 Å². The summed E-state index contributed by atoms with van der Waals surface area (Å²) in [4.78, 5) is 16.6. The fraction of sp³-hybridized carbons (Fsp3) is 0.100. The first-order valence-electron chi connectivity index (χ1n) is 8.11. The molecule has 0 spiro atoms. The van der Waals surface area contributed by atoms with Gasteiger partial charge in [-0.2, -0.15) is 0 Å². The van der Waals surface area contributed by atoms with Crippen LogP contribution in [0.25, 0.3) is 0 Å². The molecule has 6 heteroatoms. The van der Waals surface area contributed by atoms with E-state index in [-0.39, 0.29) is 11.7 Å². The van der Waals surface area contributed by atoms with Gasteiger partial charge in [-0.1, -0.05) is 23.7 Å². The number of aromatic nitrogens is 1. The number of benzene rings is 2. The van der Waals surface area contributed by atoms with Crippen molar-refractivity contribution in [2.45, 2.75) is 6.42 Å². The number of pyridine rings is 1. The summed E-state index contributed by atoms with van der Waals surface area (Å²) in [6.07, 6.45) is 2.31. The molecular formula is C20H17ClFN3O. The number of halogens is 2. The van der Waals surface area contributed by atoms with Crippen LogP contribution in [-0.2, 0) is 6.42 Å². The Morgan fingerprint density at radius 2 is 1.77 bits per heavy atom. The largest absolute Gasteiger partial charge is 0.370 e. The summed E-state index contributed by atoms with van der Waals surface area (Å²) in [7, 11) is 0. The molecule has 3 rings (SSSR count). The minimum absolute atomic E-state index is 0.226. The standard InChI is InChI=1S/C20H17ClFN3O/c21-16-3-7-18(8-4-16)25-20(26)15-10-12-24-19(13-15)23-11-9-14-1-5-17(22)6-2-14/h1-8,10,12-13H,9,11H2,(H,23,24)(H,25,26). The summed E-state index contributed by atoms with van der Waals surface area (Å²) in [5, 5.41) is 6.59. The highest BCUT2D eigenvalue weighted by Gasteiger charge is 2.07. The Bertz CT molecular complexity index is 882. The third kappa shape index (κ3) is 5.04. The molecule has 0 aliphatic carbocycles. The number of rotatable bonds is 6. The normalized spacial score (nSPS) is 10.4. The highest BCUT2D eigenvalue weighted by atomic mass is 35.5. The summed E-state index contributed by atoms with van der Waals surface area (Å²) in [5.74, 6) is 0.134. The summed E-state index contributed by atoms with van der Waals surface area (Å²) < 4.78 is 12.9. The number of carbonyl (C=O) groups is 1. The molecule has 1 heterocycles. The third-order valence-corrected chi connectivity index (χ3v) is 4.01. The third-order valence-electron chi connectivity index (χ3n) is 3.76. The van der Waals surface area contributed by atoms with Gasteiger partial charge in [-0.25, -0.2) is 9.37 Å². The van der Waals surface area contributed by atoms with E-state index in [2.05, 4.69) is 15.6 Å². The zero-order valence-corrected chi connectivity index (χ0v) is 14.6. The van der Waals surface area contributed by atoms with Crippen LogP contribution in [0.2, 0.25) is 5.02 Å². The van der Waals surface area contributed by atoms with Crippen LogP contribution in [0, 0.1) is 5.82 Å². The molecule has 0 aliphatic heterocycles. The first-order valence-corrected chi connectivity index (χ1v) is 8.49. The van der Waals surface area contributed by atoms with Crippen LogP contribution in [0.3, 0.4) is 0 Å². The van der Waals surface area contributed by atoms with Crippen LogP contribution in [0.4, 0.5) is 15.9 Å². The highest BCUT2D eigenvalue weighted by molar-refractivity contribution is 6.30. The zero-order valence-electron chi connectivity index (χ0n) is 13.9. The second kappa shape index (κ2) is 8.45. The molecular weight excluding hydrogens is 353 g/mol. The number of anilines is 2. The Morgan fingerprint density at radius 3 is 2.50 bits per heavy atom. The second-order valence-electron chi connectivity index (χ2n) is 5.69. The minimum Gasteiger partial charge on any atom is -0.370 e. The van der Waals surface area contributed by atoms with Crippen LogP contribution in [0.1, 0.15) is 15.9 Å². The van der Waals surface area contributed by atoms with Gasteiger partial charge in [0.15, 0.2) is 0 Å². The topological polar surface area (TPSA) is 54.0 Å². The maximum Gasteiger partial charge on any atom is 0.255 e. The van der Waals surface area contributed by atoms with Gasteiger partial charge in [0.1, 0.15) is 11.6 Å². The number of nitrogens with zero attached hydrogens (tertiary/aromatic N) is 1. The van der Waals surface area contributed by atoms with E-state index >= 15 is 0 Å². The lowest BCUT2D eigenvalue weighted by Gasteiger charge is -2.09. The Labute approximate surface area is 156 Å². The fourth-order valence-electron chi connectivity index (χ4n) is 2.39. The van der Waals surface area contributed by atoms with E-state index in [9.17, 15) is 9.18 Å². The predicted molar refractivity (Wildman–Crippen MR) is 102 cm³/mol. The van der Waals surface area contributed by atoms with Crippen LogP contribution >= 0.6 is 11.6 Å². The maximum absolute atomic E-state index is 12.9. The van der Waals surface area contributed by atoms with Gasteiger partial charge in [-0.15, -0.1) is 0 Å². The van der Waals surface area contributed by atoms with E-state index in [1.54, 1.807) is 54.7 Å². The van der Waals surface area contributed by atoms with Gasteiger partial charge in [-0.3, -0.25) is 4.79 Å². The quantitative estimate of drug-likeness (QED) is 0.657. The van der Waals surface area contributed by atoms with Gasteiger partial charge in [0.2, 0.25) is 0 Å². The van der Waals surface area contributed by atoms with Crippen molar-refractivity contribution in [3.05, 3.63) is 88.8 Å². The number of hydrogen-bond donors (Lipinski definition) is 2. The molecule has 0 unspecified atom stereocenters. The highest BCUT2D eigenvalue weighted by Crippen LogP contribution is 2.15. The molecule has 3 aromatic rings. The molecule has 0 saturated heterocycles. The van der Waals surface area contributed by atoms with E-state index in [1.165, 1.54) is 12.1 Å². The lowest BCUT2D eigenvalue weighted by molar-refractivity contribution is 0.102. The van der Waals surface area contributed by atoms with Crippen LogP contribution in [-0.4, -0.2) is 17.4 Å². The van der Waals surface area contributed by atoms with Crippen molar-refractivity contribution in [1.29, 1.82) is 0 Å². The monoisotopic (exact) mass is 369 g/mol. The second-order valence-corrected chi connectivity index (χ2v) is 6.13. The molecule has 132 valence electrons. The molecule has 0 atom stereocenters. The summed E-state index contributed by atoms with van der Waals surface area (Å²) in [5.41, 5.74) is 2.19. The lowest BCUT2D eigenvalue weighted by Crippen LogP contribution is -2.13. The fourth-order valence-corrected chi connectivity index (χ4v) is 2.52. The Hall–Kier alpha value is -2.92. The molecule has 0 bridgehead atoms. The number of hydrogen-bond acceptors (Lipinski definition) is 3. The van der Waals surface area contributed by atoms with Crippen molar-refractivity contribution in [3.63, 3.8) is 0 Å². The molecule has 0 radical (unpaired) electrons. The molecule has 0 aliphatic rings. The molecule has 0 saturated carbocycles. The van der Waals surface area contributed by atoms with Gasteiger partial charge in [0.05, 0.1) is 0 Å².